The quantitative estimate of drug-likeness (QED) is 0.686. The van der Waals surface area contributed by atoms with Gasteiger partial charge in [0, 0.05) is 24.9 Å². The molecule has 3 nitrogen and oxygen atoms in total. The molecular formula is C10H18ClNO2. The van der Waals surface area contributed by atoms with Gasteiger partial charge in [-0.15, -0.1) is 11.6 Å². The van der Waals surface area contributed by atoms with Gasteiger partial charge >= 0.3 is 0 Å². The van der Waals surface area contributed by atoms with Gasteiger partial charge < -0.3 is 10.0 Å². The van der Waals surface area contributed by atoms with Crippen molar-refractivity contribution >= 4 is 17.5 Å². The molecule has 0 aromatic rings. The average Bonchev–Trinajstić information content (AvgIpc) is 2.10. The van der Waals surface area contributed by atoms with Crippen molar-refractivity contribution in [1.82, 2.24) is 4.90 Å². The van der Waals surface area contributed by atoms with Gasteiger partial charge in [0.25, 0.3) is 0 Å². The molecule has 0 spiro atoms. The zero-order chi connectivity index (χ0) is 10.4. The van der Waals surface area contributed by atoms with E-state index in [4.69, 9.17) is 16.7 Å². The minimum atomic E-state index is 0.0586. The van der Waals surface area contributed by atoms with Crippen molar-refractivity contribution in [2.24, 2.45) is 0 Å². The lowest BCUT2D eigenvalue weighted by Gasteiger charge is -2.37. The maximum atomic E-state index is 11.7. The van der Waals surface area contributed by atoms with Crippen LogP contribution in [0, 0.1) is 0 Å². The summed E-state index contributed by atoms with van der Waals surface area (Å²) < 4.78 is 0. The Hall–Kier alpha value is -0.280. The van der Waals surface area contributed by atoms with Crippen LogP contribution in [0.3, 0.4) is 0 Å². The van der Waals surface area contributed by atoms with E-state index in [2.05, 4.69) is 0 Å². The normalized spacial score (nSPS) is 16.4. The van der Waals surface area contributed by atoms with Crippen LogP contribution in [0.4, 0.5) is 0 Å². The van der Waals surface area contributed by atoms with Crippen LogP contribution in [0.5, 0.6) is 0 Å². The Bertz CT molecular complexity index is 183. The zero-order valence-electron chi connectivity index (χ0n) is 8.41. The number of hydrogen-bond acceptors (Lipinski definition) is 2. The van der Waals surface area contributed by atoms with E-state index in [9.17, 15) is 4.79 Å². The van der Waals surface area contributed by atoms with Crippen LogP contribution in [-0.4, -0.2) is 41.0 Å². The first kappa shape index (κ1) is 11.8. The molecule has 0 aliphatic heterocycles. The predicted octanol–water partition coefficient (Wildman–Crippen LogP) is 1.38. The summed E-state index contributed by atoms with van der Waals surface area (Å²) in [5.74, 6) is 0.674. The minimum absolute atomic E-state index is 0.0586. The predicted molar refractivity (Wildman–Crippen MR) is 56.4 cm³/mol. The van der Waals surface area contributed by atoms with Crippen LogP contribution in [0.25, 0.3) is 0 Å². The van der Waals surface area contributed by atoms with Crippen LogP contribution in [0.1, 0.15) is 32.1 Å². The number of rotatable bonds is 6. The summed E-state index contributed by atoms with van der Waals surface area (Å²) in [5.41, 5.74) is 0. The van der Waals surface area contributed by atoms with Crippen molar-refractivity contribution < 1.29 is 9.90 Å². The highest BCUT2D eigenvalue weighted by Gasteiger charge is 2.27. The molecule has 0 saturated heterocycles. The highest BCUT2D eigenvalue weighted by molar-refractivity contribution is 6.17. The van der Waals surface area contributed by atoms with Gasteiger partial charge in [-0.2, -0.15) is 0 Å². The number of halogens is 1. The highest BCUT2D eigenvalue weighted by Crippen LogP contribution is 2.25. The van der Waals surface area contributed by atoms with Gasteiger partial charge in [-0.25, -0.2) is 0 Å². The second-order valence-corrected chi connectivity index (χ2v) is 4.07. The first-order chi connectivity index (χ1) is 6.79. The van der Waals surface area contributed by atoms with E-state index in [0.717, 1.165) is 19.3 Å². The van der Waals surface area contributed by atoms with Crippen LogP contribution < -0.4 is 0 Å². The number of aliphatic hydroxyl groups is 1. The number of aliphatic hydroxyl groups excluding tert-OH is 1. The molecule has 1 N–H and O–H groups in total. The van der Waals surface area contributed by atoms with Crippen LogP contribution in [-0.2, 0) is 4.79 Å². The maximum absolute atomic E-state index is 11.7. The fraction of sp³-hybridized carbons (Fsp3) is 0.900. The molecule has 14 heavy (non-hydrogen) atoms. The van der Waals surface area contributed by atoms with Crippen LogP contribution in [0.15, 0.2) is 0 Å². The molecule has 0 radical (unpaired) electrons. The van der Waals surface area contributed by atoms with Gasteiger partial charge in [0.15, 0.2) is 0 Å². The van der Waals surface area contributed by atoms with Crippen LogP contribution >= 0.6 is 11.6 Å². The average molecular weight is 220 g/mol. The number of alkyl halides is 1. The van der Waals surface area contributed by atoms with Crippen molar-refractivity contribution in [2.75, 3.05) is 19.0 Å². The summed E-state index contributed by atoms with van der Waals surface area (Å²) in [4.78, 5) is 13.5. The molecule has 0 heterocycles. The van der Waals surface area contributed by atoms with Gasteiger partial charge in [-0.3, -0.25) is 4.79 Å². The van der Waals surface area contributed by atoms with Crippen molar-refractivity contribution in [3.63, 3.8) is 0 Å². The molecule has 0 unspecified atom stereocenters. The van der Waals surface area contributed by atoms with E-state index >= 15 is 0 Å². The van der Waals surface area contributed by atoms with E-state index in [0.29, 0.717) is 24.9 Å². The second kappa shape index (κ2) is 6.25. The minimum Gasteiger partial charge on any atom is -0.395 e. The molecule has 82 valence electrons. The largest absolute Gasteiger partial charge is 0.395 e. The molecule has 4 heteroatoms. The molecule has 1 amide bonds. The number of carbonyl (C=O) groups is 1. The molecule has 1 fully saturated rings. The maximum Gasteiger partial charge on any atom is 0.222 e. The topological polar surface area (TPSA) is 40.5 Å². The van der Waals surface area contributed by atoms with Crippen molar-refractivity contribution in [3.05, 3.63) is 0 Å². The van der Waals surface area contributed by atoms with Crippen molar-refractivity contribution in [1.29, 1.82) is 0 Å². The summed E-state index contributed by atoms with van der Waals surface area (Å²) in [5, 5.41) is 8.86. The van der Waals surface area contributed by atoms with E-state index < -0.39 is 0 Å². The fourth-order valence-electron chi connectivity index (χ4n) is 1.68. The summed E-state index contributed by atoms with van der Waals surface area (Å²) in [7, 11) is 0. The third-order valence-corrected chi connectivity index (χ3v) is 2.97. The Kier molecular flexibility index (Phi) is 5.26. The smallest absolute Gasteiger partial charge is 0.222 e. The lowest BCUT2D eigenvalue weighted by Crippen LogP contribution is -2.45. The third-order valence-electron chi connectivity index (χ3n) is 2.70. The summed E-state index contributed by atoms with van der Waals surface area (Å²) >= 11 is 5.53. The summed E-state index contributed by atoms with van der Waals surface area (Å²) in [6.07, 6.45) is 4.63. The number of nitrogens with zero attached hydrogens (tertiary/aromatic N) is 1. The van der Waals surface area contributed by atoms with Crippen LogP contribution in [0.2, 0.25) is 0 Å². The molecule has 1 aliphatic rings. The second-order valence-electron chi connectivity index (χ2n) is 3.69. The Labute approximate surface area is 90.0 Å². The fourth-order valence-corrected chi connectivity index (χ4v) is 1.81. The molecule has 0 atom stereocenters. The molecule has 0 aromatic carbocycles. The summed E-state index contributed by atoms with van der Waals surface area (Å²) in [6, 6.07) is 0.380. The van der Waals surface area contributed by atoms with Crippen molar-refractivity contribution in [3.8, 4) is 0 Å². The van der Waals surface area contributed by atoms with E-state index in [-0.39, 0.29) is 12.5 Å². The van der Waals surface area contributed by atoms with Gasteiger partial charge in [0.05, 0.1) is 6.61 Å². The van der Waals surface area contributed by atoms with Gasteiger partial charge in [-0.1, -0.05) is 0 Å². The Morgan fingerprint density at radius 3 is 2.64 bits per heavy atom. The third kappa shape index (κ3) is 3.14. The first-order valence-electron chi connectivity index (χ1n) is 5.26. The molecule has 0 bridgehead atoms. The highest BCUT2D eigenvalue weighted by atomic mass is 35.5. The Morgan fingerprint density at radius 2 is 2.21 bits per heavy atom. The van der Waals surface area contributed by atoms with Gasteiger partial charge in [0.1, 0.15) is 0 Å². The van der Waals surface area contributed by atoms with E-state index in [1.807, 2.05) is 4.90 Å². The monoisotopic (exact) mass is 219 g/mol. The summed E-state index contributed by atoms with van der Waals surface area (Å²) in [6.45, 7) is 0.537. The number of carbonyl (C=O) groups excluding carboxylic acids is 1. The van der Waals surface area contributed by atoms with E-state index in [1.165, 1.54) is 6.42 Å². The lowest BCUT2D eigenvalue weighted by atomic mass is 9.91. The number of amides is 1. The lowest BCUT2D eigenvalue weighted by molar-refractivity contribution is -0.135. The SMILES string of the molecule is O=C(CCCCl)N(CCO)C1CCC1. The number of hydrogen-bond donors (Lipinski definition) is 1. The molecular weight excluding hydrogens is 202 g/mol. The molecule has 0 aromatic heterocycles. The standard InChI is InChI=1S/C10H18ClNO2/c11-6-2-5-10(14)12(7-8-13)9-3-1-4-9/h9,13H,1-8H2. The Morgan fingerprint density at radius 1 is 1.50 bits per heavy atom. The van der Waals surface area contributed by atoms with Gasteiger partial charge in [0.2, 0.25) is 5.91 Å². The van der Waals surface area contributed by atoms with Gasteiger partial charge in [-0.05, 0) is 25.7 Å². The van der Waals surface area contributed by atoms with Crippen molar-refractivity contribution in [2.45, 2.75) is 38.1 Å². The first-order valence-corrected chi connectivity index (χ1v) is 5.79. The Balaban J connectivity index is 2.35. The van der Waals surface area contributed by atoms with E-state index in [1.54, 1.807) is 0 Å². The molecule has 1 rings (SSSR count). The molecule has 1 aliphatic carbocycles. The molecule has 1 saturated carbocycles. The zero-order valence-corrected chi connectivity index (χ0v) is 9.17.